The van der Waals surface area contributed by atoms with Crippen molar-refractivity contribution in [1.82, 2.24) is 15.4 Å². The molecule has 0 amide bonds. The molecular formula is C30H44N3O6P. The summed E-state index contributed by atoms with van der Waals surface area (Å²) in [6.45, 7) is 5.07. The quantitative estimate of drug-likeness (QED) is 0.113. The van der Waals surface area contributed by atoms with E-state index in [1.165, 1.54) is 25.7 Å². The number of rotatable bonds is 17. The molecule has 2 aromatic carbocycles. The molecule has 0 bridgehead atoms. The topological polar surface area (TPSA) is 125 Å². The van der Waals surface area contributed by atoms with E-state index < -0.39 is 20.1 Å². The van der Waals surface area contributed by atoms with Crippen LogP contribution >= 0.6 is 8.09 Å². The molecule has 9 nitrogen and oxygen atoms in total. The van der Waals surface area contributed by atoms with Gasteiger partial charge < -0.3 is 5.32 Å². The first-order valence-corrected chi connectivity index (χ1v) is 16.2. The van der Waals surface area contributed by atoms with Crippen molar-refractivity contribution in [3.8, 4) is 5.75 Å². The number of unbranched alkanes of at least 4 members (excludes halogenated alkanes) is 1. The average Bonchev–Trinajstić information content (AvgIpc) is 3.37. The van der Waals surface area contributed by atoms with Gasteiger partial charge in [-0.3, -0.25) is 0 Å². The SMILES string of the molecule is CCO[PH](O)(N[C@@H](Cc1ccc(OCCCCC2CCNCC2)cc1)C(=O)O)OCCc1c[nH]c2ccccc12. The van der Waals surface area contributed by atoms with Crippen LogP contribution < -0.4 is 15.1 Å². The number of aromatic amines is 1. The Labute approximate surface area is 237 Å². The van der Waals surface area contributed by atoms with Crippen LogP contribution in [-0.4, -0.2) is 59.9 Å². The van der Waals surface area contributed by atoms with E-state index in [2.05, 4.69) is 15.4 Å². The molecular weight excluding hydrogens is 529 g/mol. The summed E-state index contributed by atoms with van der Waals surface area (Å²) in [4.78, 5) is 26.4. The first kappa shape index (κ1) is 30.4. The van der Waals surface area contributed by atoms with Crippen LogP contribution in [0.1, 0.15) is 50.2 Å². The Morgan fingerprint density at radius 1 is 1.07 bits per heavy atom. The first-order valence-electron chi connectivity index (χ1n) is 14.4. The van der Waals surface area contributed by atoms with E-state index >= 15 is 0 Å². The van der Waals surface area contributed by atoms with Gasteiger partial charge in [-0.05, 0) is 31.8 Å². The fourth-order valence-corrected chi connectivity index (χ4v) is 6.92. The van der Waals surface area contributed by atoms with Crippen LogP contribution in [-0.2, 0) is 26.7 Å². The molecule has 5 N–H and O–H groups in total. The second-order valence-corrected chi connectivity index (χ2v) is 12.4. The first-order chi connectivity index (χ1) is 19.5. The minimum absolute atomic E-state index is 0.167. The molecule has 1 aliphatic rings. The number of aliphatic carboxylic acids is 1. The number of hydrogen-bond acceptors (Lipinski definition) is 7. The summed E-state index contributed by atoms with van der Waals surface area (Å²) in [6, 6.07) is 14.4. The van der Waals surface area contributed by atoms with Crippen molar-refractivity contribution in [3.63, 3.8) is 0 Å². The van der Waals surface area contributed by atoms with E-state index in [9.17, 15) is 14.8 Å². The number of benzene rings is 2. The molecule has 220 valence electrons. The Hall–Kier alpha value is -2.52. The summed E-state index contributed by atoms with van der Waals surface area (Å²) in [5, 5.41) is 17.2. The maximum absolute atomic E-state index is 12.1. The van der Waals surface area contributed by atoms with Gasteiger partial charge in [-0.25, -0.2) is 0 Å². The number of para-hydroxylation sites is 1. The van der Waals surface area contributed by atoms with Gasteiger partial charge in [0.05, 0.1) is 0 Å². The summed E-state index contributed by atoms with van der Waals surface area (Å²) in [7, 11) is -3.95. The van der Waals surface area contributed by atoms with Gasteiger partial charge in [0.25, 0.3) is 0 Å². The molecule has 40 heavy (non-hydrogen) atoms. The van der Waals surface area contributed by atoms with Crippen LogP contribution in [0.15, 0.2) is 54.7 Å². The molecule has 10 heteroatoms. The van der Waals surface area contributed by atoms with E-state index in [0.29, 0.717) is 13.0 Å². The summed E-state index contributed by atoms with van der Waals surface area (Å²) in [5.74, 6) is 0.524. The number of aromatic nitrogens is 1. The Balaban J connectivity index is 1.24. The molecule has 0 radical (unpaired) electrons. The van der Waals surface area contributed by atoms with E-state index in [0.717, 1.165) is 53.2 Å². The van der Waals surface area contributed by atoms with Crippen LogP contribution in [0, 0.1) is 5.92 Å². The second-order valence-electron chi connectivity index (χ2n) is 10.4. The number of hydrogen-bond donors (Lipinski definition) is 5. The number of carbonyl (C=O) groups is 1. The van der Waals surface area contributed by atoms with Crippen molar-refractivity contribution in [2.24, 2.45) is 5.92 Å². The molecule has 0 saturated carbocycles. The van der Waals surface area contributed by atoms with Crippen molar-refractivity contribution < 1.29 is 28.6 Å². The van der Waals surface area contributed by atoms with Crippen LogP contribution in [0.25, 0.3) is 10.9 Å². The molecule has 1 atom stereocenters. The van der Waals surface area contributed by atoms with E-state index in [-0.39, 0.29) is 19.6 Å². The Morgan fingerprint density at radius 3 is 2.60 bits per heavy atom. The fourth-order valence-electron chi connectivity index (χ4n) is 5.23. The third-order valence-electron chi connectivity index (χ3n) is 7.44. The van der Waals surface area contributed by atoms with Gasteiger partial charge in [-0.1, -0.05) is 0 Å². The second kappa shape index (κ2) is 15.5. The number of ether oxygens (including phenoxy) is 1. The van der Waals surface area contributed by atoms with E-state index in [1.54, 1.807) is 6.92 Å². The van der Waals surface area contributed by atoms with Crippen molar-refractivity contribution in [1.29, 1.82) is 0 Å². The van der Waals surface area contributed by atoms with Gasteiger partial charge in [0.1, 0.15) is 0 Å². The molecule has 4 rings (SSSR count). The predicted octanol–water partition coefficient (Wildman–Crippen LogP) is 5.00. The van der Waals surface area contributed by atoms with Gasteiger partial charge in [-0.15, -0.1) is 0 Å². The van der Waals surface area contributed by atoms with Crippen molar-refractivity contribution >= 4 is 25.0 Å². The minimum atomic E-state index is -3.95. The molecule has 2 heterocycles. The number of piperidine rings is 1. The van der Waals surface area contributed by atoms with Crippen molar-refractivity contribution in [3.05, 3.63) is 65.9 Å². The molecule has 1 fully saturated rings. The molecule has 1 aliphatic heterocycles. The number of H-pyrrole nitrogens is 1. The average molecular weight is 574 g/mol. The Kier molecular flexibility index (Phi) is 11.8. The zero-order valence-corrected chi connectivity index (χ0v) is 24.4. The number of fused-ring (bicyclic) bond motifs is 1. The van der Waals surface area contributed by atoms with Crippen LogP contribution in [0.2, 0.25) is 0 Å². The zero-order chi connectivity index (χ0) is 28.2. The molecule has 0 unspecified atom stereocenters. The van der Waals surface area contributed by atoms with Crippen LogP contribution in [0.5, 0.6) is 5.75 Å². The third-order valence-corrected chi connectivity index (χ3v) is 9.42. The third kappa shape index (κ3) is 9.26. The summed E-state index contributed by atoms with van der Waals surface area (Å²) in [6.07, 6.45) is 8.64. The standard InChI is InChI=1S/C30H44N3O6P/c1-2-38-40(36,39-20-16-25-22-32-28-9-4-3-8-27(25)28)33-29(30(34)35)21-24-10-12-26(13-11-24)37-19-6-5-7-23-14-17-31-18-15-23/h3-4,8-13,22-23,29,31-33,36,40H,2,5-7,14-21H2,1H3,(H,34,35)/t29-/m0/s1. The maximum atomic E-state index is 12.1. The molecule has 1 aromatic heterocycles. The number of carboxylic acid groups (broad SMARTS) is 1. The number of nitrogens with one attached hydrogen (secondary N) is 3. The predicted molar refractivity (Wildman–Crippen MR) is 160 cm³/mol. The van der Waals surface area contributed by atoms with Gasteiger partial charge >= 0.3 is 200 Å². The summed E-state index contributed by atoms with van der Waals surface area (Å²) >= 11 is 0. The Bertz CT molecular complexity index is 1180. The zero-order valence-electron chi connectivity index (χ0n) is 23.4. The van der Waals surface area contributed by atoms with Crippen LogP contribution in [0.3, 0.4) is 0 Å². The summed E-state index contributed by atoms with van der Waals surface area (Å²) < 4.78 is 17.2. The van der Waals surface area contributed by atoms with Gasteiger partial charge in [-0.2, -0.15) is 0 Å². The molecule has 0 spiro atoms. The molecule has 0 aliphatic carbocycles. The monoisotopic (exact) mass is 573 g/mol. The van der Waals surface area contributed by atoms with Crippen molar-refractivity contribution in [2.45, 2.75) is 57.9 Å². The number of carboxylic acids is 1. The summed E-state index contributed by atoms with van der Waals surface area (Å²) in [5.41, 5.74) is 2.90. The molecule has 1 saturated heterocycles. The fraction of sp³-hybridized carbons (Fsp3) is 0.500. The van der Waals surface area contributed by atoms with Gasteiger partial charge in [0.2, 0.25) is 0 Å². The van der Waals surface area contributed by atoms with E-state index in [4.69, 9.17) is 13.8 Å². The van der Waals surface area contributed by atoms with Gasteiger partial charge in [0, 0.05) is 0 Å². The van der Waals surface area contributed by atoms with Crippen molar-refractivity contribution in [2.75, 3.05) is 32.9 Å². The van der Waals surface area contributed by atoms with E-state index in [1.807, 2.05) is 54.7 Å². The van der Waals surface area contributed by atoms with Gasteiger partial charge in [0.15, 0.2) is 0 Å². The molecule has 3 aromatic rings. The Morgan fingerprint density at radius 2 is 1.85 bits per heavy atom. The van der Waals surface area contributed by atoms with Crippen LogP contribution in [0.4, 0.5) is 0 Å². The normalized spacial score (nSPS) is 15.8.